The quantitative estimate of drug-likeness (QED) is 0.743. The van der Waals surface area contributed by atoms with E-state index in [1.807, 2.05) is 28.0 Å². The van der Waals surface area contributed by atoms with E-state index in [2.05, 4.69) is 22.3 Å². The number of nitrogens with one attached hydrogen (secondary N) is 1. The Morgan fingerprint density at radius 1 is 1.09 bits per heavy atom. The van der Waals surface area contributed by atoms with Gasteiger partial charge in [-0.2, -0.15) is 0 Å². The summed E-state index contributed by atoms with van der Waals surface area (Å²) in [4.78, 5) is 31.6. The summed E-state index contributed by atoms with van der Waals surface area (Å²) in [5.41, 5.74) is 1.63. The first-order valence-electron chi connectivity index (χ1n) is 11.0. The van der Waals surface area contributed by atoms with Gasteiger partial charge in [0, 0.05) is 63.1 Å². The largest absolute Gasteiger partial charge is 0.497 e. The molecule has 170 valence electrons. The molecule has 2 saturated heterocycles. The molecule has 2 aliphatic rings. The van der Waals surface area contributed by atoms with Crippen LogP contribution < -0.4 is 15.0 Å². The molecule has 0 radical (unpaired) electrons. The highest BCUT2D eigenvalue weighted by Gasteiger charge is 2.34. The fourth-order valence-corrected chi connectivity index (χ4v) is 4.32. The predicted molar refractivity (Wildman–Crippen MR) is 120 cm³/mol. The second-order valence-corrected chi connectivity index (χ2v) is 8.14. The van der Waals surface area contributed by atoms with E-state index in [4.69, 9.17) is 4.74 Å². The Bertz CT molecular complexity index is 948. The molecule has 1 N–H and O–H groups in total. The highest BCUT2D eigenvalue weighted by atomic mass is 19.1. The molecular weight excluding hydrogens is 411 g/mol. The molecule has 0 spiro atoms. The van der Waals surface area contributed by atoms with Gasteiger partial charge < -0.3 is 19.9 Å². The number of benzene rings is 2. The average Bonchev–Trinajstić information content (AvgIpc) is 2.83. The van der Waals surface area contributed by atoms with Gasteiger partial charge in [-0.05, 0) is 18.2 Å². The number of halogens is 1. The Morgan fingerprint density at radius 2 is 1.84 bits per heavy atom. The van der Waals surface area contributed by atoms with Crippen LogP contribution in [-0.2, 0) is 16.1 Å². The van der Waals surface area contributed by atoms with Crippen LogP contribution in [-0.4, -0.2) is 74.0 Å². The number of amides is 2. The van der Waals surface area contributed by atoms with Crippen molar-refractivity contribution in [3.63, 3.8) is 0 Å². The zero-order valence-electron chi connectivity index (χ0n) is 18.3. The maximum Gasteiger partial charge on any atom is 0.237 e. The number of ether oxygens (including phenoxy) is 1. The fraction of sp³-hybridized carbons (Fsp3) is 0.417. The molecule has 2 aromatic carbocycles. The minimum absolute atomic E-state index is 0.0417. The van der Waals surface area contributed by atoms with E-state index in [9.17, 15) is 14.0 Å². The molecule has 0 bridgehead atoms. The summed E-state index contributed by atoms with van der Waals surface area (Å²) >= 11 is 0. The number of rotatable bonds is 6. The van der Waals surface area contributed by atoms with Gasteiger partial charge in [0.25, 0.3) is 0 Å². The molecule has 2 aromatic rings. The van der Waals surface area contributed by atoms with Gasteiger partial charge in [0.05, 0.1) is 19.6 Å². The molecule has 32 heavy (non-hydrogen) atoms. The molecule has 0 aliphatic carbocycles. The minimum Gasteiger partial charge on any atom is -0.497 e. The van der Waals surface area contributed by atoms with Crippen molar-refractivity contribution in [3.05, 3.63) is 59.9 Å². The predicted octanol–water partition coefficient (Wildman–Crippen LogP) is 1.87. The van der Waals surface area contributed by atoms with E-state index in [1.54, 1.807) is 12.1 Å². The maximum absolute atomic E-state index is 14.5. The molecule has 2 amide bonds. The van der Waals surface area contributed by atoms with Crippen LogP contribution in [0, 0.1) is 5.82 Å². The summed E-state index contributed by atoms with van der Waals surface area (Å²) in [7, 11) is 1.49. The molecule has 0 saturated carbocycles. The van der Waals surface area contributed by atoms with Crippen LogP contribution in [0.1, 0.15) is 12.0 Å². The third-order valence-electron chi connectivity index (χ3n) is 6.20. The summed E-state index contributed by atoms with van der Waals surface area (Å²) < 4.78 is 19.5. The number of carbonyl (C=O) groups is 2. The van der Waals surface area contributed by atoms with Gasteiger partial charge in [-0.15, -0.1) is 0 Å². The first kappa shape index (κ1) is 22.1. The SMILES string of the molecule is COc1ccc(CN2CCNC(=O)[C@@H]2CC(=O)N2CCN(c3ccccc3)CC2)c(F)c1. The molecule has 2 fully saturated rings. The van der Waals surface area contributed by atoms with Crippen LogP contribution in [0.3, 0.4) is 0 Å². The van der Waals surface area contributed by atoms with Crippen LogP contribution in [0.5, 0.6) is 5.75 Å². The Morgan fingerprint density at radius 3 is 2.53 bits per heavy atom. The van der Waals surface area contributed by atoms with Gasteiger partial charge in [0.15, 0.2) is 0 Å². The first-order valence-corrected chi connectivity index (χ1v) is 11.0. The van der Waals surface area contributed by atoms with Crippen molar-refractivity contribution in [1.29, 1.82) is 0 Å². The Labute approximate surface area is 187 Å². The smallest absolute Gasteiger partial charge is 0.237 e. The second-order valence-electron chi connectivity index (χ2n) is 8.14. The summed E-state index contributed by atoms with van der Waals surface area (Å²) in [5.74, 6) is -0.150. The van der Waals surface area contributed by atoms with Crippen LogP contribution in [0.4, 0.5) is 10.1 Å². The van der Waals surface area contributed by atoms with Crippen molar-refractivity contribution in [2.75, 3.05) is 51.3 Å². The van der Waals surface area contributed by atoms with Crippen molar-refractivity contribution in [2.45, 2.75) is 19.0 Å². The molecule has 1 atom stereocenters. The lowest BCUT2D eigenvalue weighted by Gasteiger charge is -2.39. The van der Waals surface area contributed by atoms with Crippen molar-refractivity contribution < 1.29 is 18.7 Å². The highest BCUT2D eigenvalue weighted by molar-refractivity contribution is 5.89. The van der Waals surface area contributed by atoms with E-state index in [0.717, 1.165) is 18.8 Å². The van der Waals surface area contributed by atoms with Gasteiger partial charge in [0.1, 0.15) is 11.6 Å². The fourth-order valence-electron chi connectivity index (χ4n) is 4.32. The number of hydrogen-bond acceptors (Lipinski definition) is 5. The monoisotopic (exact) mass is 440 g/mol. The second kappa shape index (κ2) is 9.99. The number of carbonyl (C=O) groups excluding carboxylic acids is 2. The van der Waals surface area contributed by atoms with Crippen LogP contribution >= 0.6 is 0 Å². The zero-order valence-corrected chi connectivity index (χ0v) is 18.3. The van der Waals surface area contributed by atoms with E-state index in [1.165, 1.54) is 13.2 Å². The number of para-hydroxylation sites is 1. The van der Waals surface area contributed by atoms with Crippen molar-refractivity contribution in [2.24, 2.45) is 0 Å². The topological polar surface area (TPSA) is 65.1 Å². The minimum atomic E-state index is -0.607. The van der Waals surface area contributed by atoms with Crippen molar-refractivity contribution in [1.82, 2.24) is 15.1 Å². The van der Waals surface area contributed by atoms with Crippen molar-refractivity contribution in [3.8, 4) is 5.75 Å². The van der Waals surface area contributed by atoms with E-state index in [-0.39, 0.29) is 30.6 Å². The molecule has 0 aromatic heterocycles. The summed E-state index contributed by atoms with van der Waals surface area (Å²) in [6.07, 6.45) is 0.0922. The number of piperazine rings is 2. The standard InChI is InChI=1S/C24H29FN4O3/c1-32-20-8-7-18(21(25)15-20)17-29-10-9-26-24(31)22(29)16-23(30)28-13-11-27(12-14-28)19-5-3-2-4-6-19/h2-8,15,22H,9-14,16-17H2,1H3,(H,26,31)/t22-/m0/s1. The number of nitrogens with zero attached hydrogens (tertiary/aromatic N) is 3. The average molecular weight is 441 g/mol. The van der Waals surface area contributed by atoms with Crippen molar-refractivity contribution >= 4 is 17.5 Å². The summed E-state index contributed by atoms with van der Waals surface area (Å²) in [5, 5.41) is 2.84. The molecule has 2 aliphatic heterocycles. The molecular formula is C24H29FN4O3. The lowest BCUT2D eigenvalue weighted by Crippen LogP contribution is -2.57. The molecule has 2 heterocycles. The third-order valence-corrected chi connectivity index (χ3v) is 6.20. The molecule has 8 heteroatoms. The Balaban J connectivity index is 1.38. The first-order chi connectivity index (χ1) is 15.5. The zero-order chi connectivity index (χ0) is 22.5. The van der Waals surface area contributed by atoms with Gasteiger partial charge in [-0.1, -0.05) is 24.3 Å². The molecule has 7 nitrogen and oxygen atoms in total. The third kappa shape index (κ3) is 5.02. The van der Waals surface area contributed by atoms with Crippen LogP contribution in [0.2, 0.25) is 0 Å². The van der Waals surface area contributed by atoms with E-state index in [0.29, 0.717) is 37.5 Å². The molecule has 4 rings (SSSR count). The van der Waals surface area contributed by atoms with E-state index < -0.39 is 6.04 Å². The summed E-state index contributed by atoms with van der Waals surface area (Å²) in [6.45, 7) is 4.07. The van der Waals surface area contributed by atoms with Crippen LogP contribution in [0.25, 0.3) is 0 Å². The lowest BCUT2D eigenvalue weighted by atomic mass is 10.1. The summed E-state index contributed by atoms with van der Waals surface area (Å²) in [6, 6.07) is 14.2. The highest BCUT2D eigenvalue weighted by Crippen LogP contribution is 2.21. The van der Waals surface area contributed by atoms with Gasteiger partial charge in [-0.25, -0.2) is 4.39 Å². The van der Waals surface area contributed by atoms with Gasteiger partial charge in [-0.3, -0.25) is 14.5 Å². The number of hydrogen-bond donors (Lipinski definition) is 1. The maximum atomic E-state index is 14.5. The number of methoxy groups -OCH3 is 1. The lowest BCUT2D eigenvalue weighted by molar-refractivity contribution is -0.139. The van der Waals surface area contributed by atoms with Gasteiger partial charge in [0.2, 0.25) is 11.8 Å². The van der Waals surface area contributed by atoms with E-state index >= 15 is 0 Å². The van der Waals surface area contributed by atoms with Crippen LogP contribution in [0.15, 0.2) is 48.5 Å². The normalized spacial score (nSPS) is 19.6. The number of anilines is 1. The Hall–Kier alpha value is -3.13. The van der Waals surface area contributed by atoms with Gasteiger partial charge >= 0.3 is 0 Å². The molecule has 0 unspecified atom stereocenters. The Kier molecular flexibility index (Phi) is 6.90.